The van der Waals surface area contributed by atoms with E-state index in [9.17, 15) is 5.26 Å². The minimum absolute atomic E-state index is 0.569. The first-order chi connectivity index (χ1) is 13.3. The first-order valence-electron chi connectivity index (χ1n) is 9.18. The number of nitriles is 1. The summed E-state index contributed by atoms with van der Waals surface area (Å²) in [5, 5.41) is 10.1. The van der Waals surface area contributed by atoms with Crippen LogP contribution in [-0.4, -0.2) is 5.90 Å². The second-order valence-electron chi connectivity index (χ2n) is 7.14. The van der Waals surface area contributed by atoms with Crippen molar-refractivity contribution in [3.63, 3.8) is 0 Å². The first kappa shape index (κ1) is 15.8. The summed E-state index contributed by atoms with van der Waals surface area (Å²) >= 11 is 0. The average Bonchev–Trinajstić information content (AvgIpc) is 3.56. The van der Waals surface area contributed by atoms with Crippen LogP contribution < -0.4 is 0 Å². The average molecular weight is 350 g/mol. The number of hydrogen-bond donors (Lipinski definition) is 0. The number of nitrogens with zero attached hydrogens (tertiary/aromatic N) is 2. The van der Waals surface area contributed by atoms with Gasteiger partial charge in [0.25, 0.3) is 0 Å². The molecule has 27 heavy (non-hydrogen) atoms. The zero-order valence-corrected chi connectivity index (χ0v) is 14.8. The van der Waals surface area contributed by atoms with E-state index in [0.717, 1.165) is 35.2 Å². The Morgan fingerprint density at radius 2 is 1.44 bits per heavy atom. The first-order valence-corrected chi connectivity index (χ1v) is 9.18. The Hall–Kier alpha value is -3.38. The van der Waals surface area contributed by atoms with Gasteiger partial charge in [-0.2, -0.15) is 5.26 Å². The predicted octanol–water partition coefficient (Wildman–Crippen LogP) is 5.34. The van der Waals surface area contributed by atoms with Gasteiger partial charge in [-0.25, -0.2) is 4.99 Å². The number of rotatable bonds is 3. The predicted molar refractivity (Wildman–Crippen MR) is 105 cm³/mol. The Labute approximate surface area is 158 Å². The molecule has 0 radical (unpaired) electrons. The van der Waals surface area contributed by atoms with Crippen molar-refractivity contribution in [1.29, 1.82) is 5.26 Å². The van der Waals surface area contributed by atoms with E-state index < -0.39 is 11.0 Å². The molecule has 2 aliphatic rings. The van der Waals surface area contributed by atoms with Crippen LogP contribution in [0.15, 0.2) is 89.9 Å². The van der Waals surface area contributed by atoms with E-state index in [1.54, 1.807) is 0 Å². The van der Waals surface area contributed by atoms with E-state index in [4.69, 9.17) is 9.73 Å². The monoisotopic (exact) mass is 350 g/mol. The standard InChI is InChI=1S/C24H18N2O/c25-17-23(15-16-23)24(19-11-5-2-6-12-19)20-13-7-8-14-21(20)26-22(27-24)18-9-3-1-4-10-18/h1-14H,15-16H2. The van der Waals surface area contributed by atoms with Crippen LogP contribution in [0.3, 0.4) is 0 Å². The third-order valence-corrected chi connectivity index (χ3v) is 5.59. The lowest BCUT2D eigenvalue weighted by Gasteiger charge is -2.42. The van der Waals surface area contributed by atoms with Gasteiger partial charge in [-0.15, -0.1) is 0 Å². The molecule has 5 rings (SSSR count). The highest BCUT2D eigenvalue weighted by atomic mass is 16.5. The summed E-state index contributed by atoms with van der Waals surface area (Å²) in [6.07, 6.45) is 1.63. The molecule has 1 atom stereocenters. The molecule has 1 heterocycles. The van der Waals surface area contributed by atoms with Gasteiger partial charge >= 0.3 is 0 Å². The molecule has 3 heteroatoms. The van der Waals surface area contributed by atoms with Gasteiger partial charge in [-0.1, -0.05) is 66.7 Å². The maximum Gasteiger partial charge on any atom is 0.222 e. The fourth-order valence-corrected chi connectivity index (χ4v) is 4.09. The Morgan fingerprint density at radius 3 is 2.11 bits per heavy atom. The van der Waals surface area contributed by atoms with Crippen LogP contribution in [0.2, 0.25) is 0 Å². The van der Waals surface area contributed by atoms with Gasteiger partial charge in [0.2, 0.25) is 5.90 Å². The fraction of sp³-hybridized carbons (Fsp3) is 0.167. The third-order valence-electron chi connectivity index (χ3n) is 5.59. The third kappa shape index (κ3) is 2.23. The van der Waals surface area contributed by atoms with Crippen LogP contribution in [-0.2, 0) is 10.3 Å². The SMILES string of the molecule is N#CC1(C2(c3ccccc3)OC(c3ccccc3)=Nc3ccccc32)CC1. The van der Waals surface area contributed by atoms with Crippen molar-refractivity contribution in [2.45, 2.75) is 18.4 Å². The molecular weight excluding hydrogens is 332 g/mol. The molecule has 0 bridgehead atoms. The summed E-state index contributed by atoms with van der Waals surface area (Å²) in [6.45, 7) is 0. The van der Waals surface area contributed by atoms with Gasteiger partial charge in [-0.05, 0) is 31.0 Å². The number of benzene rings is 3. The summed E-state index contributed by atoms with van der Waals surface area (Å²) < 4.78 is 6.72. The molecule has 0 N–H and O–H groups in total. The molecule has 1 aliphatic carbocycles. The molecule has 3 nitrogen and oxygen atoms in total. The minimum atomic E-state index is -0.855. The van der Waals surface area contributed by atoms with Crippen LogP contribution in [0.25, 0.3) is 0 Å². The molecule has 130 valence electrons. The van der Waals surface area contributed by atoms with Gasteiger partial charge < -0.3 is 4.74 Å². The lowest BCUT2D eigenvalue weighted by molar-refractivity contribution is 0.0396. The van der Waals surface area contributed by atoms with E-state index in [2.05, 4.69) is 18.2 Å². The van der Waals surface area contributed by atoms with Crippen molar-refractivity contribution in [1.82, 2.24) is 0 Å². The van der Waals surface area contributed by atoms with E-state index >= 15 is 0 Å². The van der Waals surface area contributed by atoms with Crippen LogP contribution in [0, 0.1) is 16.7 Å². The van der Waals surface area contributed by atoms with Gasteiger partial charge in [-0.3, -0.25) is 0 Å². The lowest BCUT2D eigenvalue weighted by Crippen LogP contribution is -2.44. The quantitative estimate of drug-likeness (QED) is 0.640. The Bertz CT molecular complexity index is 1060. The van der Waals surface area contributed by atoms with E-state index in [-0.39, 0.29) is 0 Å². The summed E-state index contributed by atoms with van der Waals surface area (Å²) in [6, 6.07) is 30.7. The van der Waals surface area contributed by atoms with Crippen LogP contribution in [0.4, 0.5) is 5.69 Å². The molecule has 0 amide bonds. The normalized spacial score (nSPS) is 22.0. The molecule has 1 unspecified atom stereocenters. The van der Waals surface area contributed by atoms with E-state index in [1.165, 1.54) is 0 Å². The molecular formula is C24H18N2O. The zero-order chi connectivity index (χ0) is 18.3. The fourth-order valence-electron chi connectivity index (χ4n) is 4.09. The Morgan fingerprint density at radius 1 is 0.815 bits per heavy atom. The van der Waals surface area contributed by atoms with E-state index in [1.807, 2.05) is 72.8 Å². The lowest BCUT2D eigenvalue weighted by atomic mass is 9.72. The van der Waals surface area contributed by atoms with Gasteiger partial charge in [0.15, 0.2) is 5.60 Å². The Kier molecular flexibility index (Phi) is 3.42. The summed E-state index contributed by atoms with van der Waals surface area (Å²) in [4.78, 5) is 4.80. The number of para-hydroxylation sites is 1. The van der Waals surface area contributed by atoms with Crippen molar-refractivity contribution in [2.24, 2.45) is 10.4 Å². The van der Waals surface area contributed by atoms with Crippen LogP contribution >= 0.6 is 0 Å². The van der Waals surface area contributed by atoms with Gasteiger partial charge in [0.1, 0.15) is 5.41 Å². The molecule has 0 saturated heterocycles. The topological polar surface area (TPSA) is 45.4 Å². The summed E-state index contributed by atoms with van der Waals surface area (Å²) in [5.74, 6) is 0.569. The van der Waals surface area contributed by atoms with Gasteiger partial charge in [0.05, 0.1) is 11.8 Å². The molecule has 3 aromatic rings. The number of aliphatic imine (C=N–C) groups is 1. The molecule has 1 saturated carbocycles. The number of fused-ring (bicyclic) bond motifs is 1. The highest BCUT2D eigenvalue weighted by Crippen LogP contribution is 2.64. The van der Waals surface area contributed by atoms with Crippen LogP contribution in [0.1, 0.15) is 29.5 Å². The van der Waals surface area contributed by atoms with Crippen LogP contribution in [0.5, 0.6) is 0 Å². The van der Waals surface area contributed by atoms with Gasteiger partial charge in [0, 0.05) is 16.7 Å². The van der Waals surface area contributed by atoms with Crippen molar-refractivity contribution >= 4 is 11.6 Å². The van der Waals surface area contributed by atoms with Crippen molar-refractivity contribution in [2.75, 3.05) is 0 Å². The van der Waals surface area contributed by atoms with Crippen molar-refractivity contribution in [3.05, 3.63) is 102 Å². The maximum atomic E-state index is 10.1. The minimum Gasteiger partial charge on any atom is -0.459 e. The van der Waals surface area contributed by atoms with Crippen molar-refractivity contribution in [3.8, 4) is 6.07 Å². The number of ether oxygens (including phenoxy) is 1. The highest BCUT2D eigenvalue weighted by Gasteiger charge is 2.66. The largest absolute Gasteiger partial charge is 0.459 e. The number of hydrogen-bond acceptors (Lipinski definition) is 3. The highest BCUT2D eigenvalue weighted by molar-refractivity contribution is 5.98. The Balaban J connectivity index is 1.81. The zero-order valence-electron chi connectivity index (χ0n) is 14.8. The summed E-state index contributed by atoms with van der Waals surface area (Å²) in [5.41, 5.74) is 2.32. The summed E-state index contributed by atoms with van der Waals surface area (Å²) in [7, 11) is 0. The second-order valence-corrected chi connectivity index (χ2v) is 7.14. The maximum absolute atomic E-state index is 10.1. The smallest absolute Gasteiger partial charge is 0.222 e. The molecule has 0 aromatic heterocycles. The molecule has 1 fully saturated rings. The second kappa shape index (κ2) is 5.82. The molecule has 3 aromatic carbocycles. The van der Waals surface area contributed by atoms with E-state index in [0.29, 0.717) is 5.90 Å². The molecule has 1 aliphatic heterocycles. The molecule has 0 spiro atoms. The van der Waals surface area contributed by atoms with Crippen molar-refractivity contribution < 1.29 is 4.74 Å².